The van der Waals surface area contributed by atoms with Crippen molar-refractivity contribution in [1.82, 2.24) is 0 Å². The van der Waals surface area contributed by atoms with Crippen molar-refractivity contribution in [2.24, 2.45) is 0 Å². The molecule has 1 aromatic rings. The lowest BCUT2D eigenvalue weighted by Crippen LogP contribution is -2.11. The average molecular weight is 256 g/mol. The van der Waals surface area contributed by atoms with Crippen molar-refractivity contribution in [2.75, 3.05) is 19.0 Å². The van der Waals surface area contributed by atoms with Gasteiger partial charge in [0.25, 0.3) is 0 Å². The molecule has 1 aliphatic rings. The minimum Gasteiger partial charge on any atom is -0.385 e. The standard InChI is InChI=1S/C11H14BrNO/c1-13(2)10-4-3-8(7-9(10)12)11(14)5-6-11/h3-4,7,14H,5-6H2,1-2H3. The molecule has 0 spiro atoms. The monoisotopic (exact) mass is 255 g/mol. The highest BCUT2D eigenvalue weighted by Gasteiger charge is 2.42. The van der Waals surface area contributed by atoms with Gasteiger partial charge in [-0.05, 0) is 46.5 Å². The van der Waals surface area contributed by atoms with Gasteiger partial charge in [-0.3, -0.25) is 0 Å². The van der Waals surface area contributed by atoms with Crippen LogP contribution in [-0.2, 0) is 5.60 Å². The molecule has 76 valence electrons. The van der Waals surface area contributed by atoms with E-state index < -0.39 is 5.60 Å². The maximum absolute atomic E-state index is 9.92. The Bertz CT molecular complexity index is 358. The van der Waals surface area contributed by atoms with Crippen LogP contribution in [0.1, 0.15) is 18.4 Å². The van der Waals surface area contributed by atoms with Crippen molar-refractivity contribution < 1.29 is 5.11 Å². The number of halogens is 1. The molecule has 2 rings (SSSR count). The summed E-state index contributed by atoms with van der Waals surface area (Å²) in [5, 5.41) is 9.92. The van der Waals surface area contributed by atoms with Crippen LogP contribution in [0.3, 0.4) is 0 Å². The summed E-state index contributed by atoms with van der Waals surface area (Å²) in [6.45, 7) is 0. The molecular weight excluding hydrogens is 242 g/mol. The summed E-state index contributed by atoms with van der Waals surface area (Å²) < 4.78 is 1.04. The Morgan fingerprint density at radius 3 is 2.43 bits per heavy atom. The molecule has 0 saturated heterocycles. The Labute approximate surface area is 92.7 Å². The molecule has 1 fully saturated rings. The van der Waals surface area contributed by atoms with Gasteiger partial charge in [0.15, 0.2) is 0 Å². The van der Waals surface area contributed by atoms with Crippen LogP contribution in [0.2, 0.25) is 0 Å². The fourth-order valence-corrected chi connectivity index (χ4v) is 2.30. The van der Waals surface area contributed by atoms with Gasteiger partial charge in [0, 0.05) is 18.6 Å². The van der Waals surface area contributed by atoms with Crippen molar-refractivity contribution in [2.45, 2.75) is 18.4 Å². The highest BCUT2D eigenvalue weighted by atomic mass is 79.9. The molecule has 0 heterocycles. The molecule has 14 heavy (non-hydrogen) atoms. The van der Waals surface area contributed by atoms with E-state index in [4.69, 9.17) is 0 Å². The van der Waals surface area contributed by atoms with Crippen molar-refractivity contribution in [3.05, 3.63) is 28.2 Å². The third-order valence-electron chi connectivity index (χ3n) is 2.69. The summed E-state index contributed by atoms with van der Waals surface area (Å²) in [6.07, 6.45) is 1.78. The highest BCUT2D eigenvalue weighted by molar-refractivity contribution is 9.10. The highest BCUT2D eigenvalue weighted by Crippen LogP contribution is 2.46. The van der Waals surface area contributed by atoms with Crippen LogP contribution in [0.25, 0.3) is 0 Å². The van der Waals surface area contributed by atoms with Gasteiger partial charge in [0.05, 0.1) is 11.3 Å². The molecule has 0 amide bonds. The summed E-state index contributed by atoms with van der Waals surface area (Å²) >= 11 is 3.52. The van der Waals surface area contributed by atoms with E-state index in [0.29, 0.717) is 0 Å². The van der Waals surface area contributed by atoms with E-state index >= 15 is 0 Å². The molecule has 1 aromatic carbocycles. The minimum absolute atomic E-state index is 0.534. The number of benzene rings is 1. The zero-order valence-corrected chi connectivity index (χ0v) is 10.0. The van der Waals surface area contributed by atoms with Crippen molar-refractivity contribution in [3.63, 3.8) is 0 Å². The SMILES string of the molecule is CN(C)c1ccc(C2(O)CC2)cc1Br. The number of anilines is 1. The average Bonchev–Trinajstić information content (AvgIpc) is 2.84. The van der Waals surface area contributed by atoms with Crippen LogP contribution in [-0.4, -0.2) is 19.2 Å². The second-order valence-corrected chi connectivity index (χ2v) is 4.95. The molecule has 3 heteroatoms. The van der Waals surface area contributed by atoms with Crippen LogP contribution in [0.4, 0.5) is 5.69 Å². The summed E-state index contributed by atoms with van der Waals surface area (Å²) in [5.41, 5.74) is 1.63. The zero-order valence-electron chi connectivity index (χ0n) is 8.42. The van der Waals surface area contributed by atoms with Gasteiger partial charge in [-0.1, -0.05) is 6.07 Å². The van der Waals surface area contributed by atoms with Crippen LogP contribution in [0.5, 0.6) is 0 Å². The van der Waals surface area contributed by atoms with E-state index in [1.807, 2.05) is 37.2 Å². The van der Waals surface area contributed by atoms with E-state index in [1.165, 1.54) is 0 Å². The third-order valence-corrected chi connectivity index (χ3v) is 3.33. The first kappa shape index (κ1) is 9.99. The molecule has 0 aliphatic heterocycles. The van der Waals surface area contributed by atoms with Crippen LogP contribution in [0.15, 0.2) is 22.7 Å². The molecular formula is C11H14BrNO. The minimum atomic E-state index is -0.534. The van der Waals surface area contributed by atoms with Crippen molar-refractivity contribution in [1.29, 1.82) is 0 Å². The molecule has 0 bridgehead atoms. The van der Waals surface area contributed by atoms with Gasteiger partial charge in [0.2, 0.25) is 0 Å². The van der Waals surface area contributed by atoms with Crippen LogP contribution < -0.4 is 4.90 Å². The van der Waals surface area contributed by atoms with Crippen molar-refractivity contribution >= 4 is 21.6 Å². The number of hydrogen-bond acceptors (Lipinski definition) is 2. The fourth-order valence-electron chi connectivity index (χ4n) is 1.57. The first-order chi connectivity index (χ1) is 6.53. The quantitative estimate of drug-likeness (QED) is 0.878. The molecule has 1 aliphatic carbocycles. The summed E-state index contributed by atoms with van der Waals surface area (Å²) in [6, 6.07) is 6.06. The molecule has 0 aromatic heterocycles. The predicted molar refractivity (Wildman–Crippen MR) is 61.6 cm³/mol. The molecule has 1 N–H and O–H groups in total. The molecule has 1 saturated carbocycles. The van der Waals surface area contributed by atoms with Crippen LogP contribution in [0, 0.1) is 0 Å². The lowest BCUT2D eigenvalue weighted by molar-refractivity contribution is 0.151. The lowest BCUT2D eigenvalue weighted by atomic mass is 10.1. The topological polar surface area (TPSA) is 23.5 Å². The van der Waals surface area contributed by atoms with Gasteiger partial charge >= 0.3 is 0 Å². The summed E-state index contributed by atoms with van der Waals surface area (Å²) in [4.78, 5) is 2.05. The molecule has 0 radical (unpaired) electrons. The molecule has 0 unspecified atom stereocenters. The Hall–Kier alpha value is -0.540. The fraction of sp³-hybridized carbons (Fsp3) is 0.455. The van der Waals surface area contributed by atoms with E-state index in [9.17, 15) is 5.11 Å². The van der Waals surface area contributed by atoms with Gasteiger partial charge in [-0.15, -0.1) is 0 Å². The Kier molecular flexibility index (Phi) is 2.32. The van der Waals surface area contributed by atoms with Crippen molar-refractivity contribution in [3.8, 4) is 0 Å². The first-order valence-corrected chi connectivity index (χ1v) is 5.52. The van der Waals surface area contributed by atoms with Gasteiger partial charge < -0.3 is 10.0 Å². The van der Waals surface area contributed by atoms with Crippen LogP contribution >= 0.6 is 15.9 Å². The second kappa shape index (κ2) is 3.24. The maximum atomic E-state index is 9.92. The van der Waals surface area contributed by atoms with Gasteiger partial charge in [-0.25, -0.2) is 0 Å². The van der Waals surface area contributed by atoms with E-state index in [2.05, 4.69) is 15.9 Å². The molecule has 0 atom stereocenters. The molecule has 2 nitrogen and oxygen atoms in total. The number of rotatable bonds is 2. The predicted octanol–water partition coefficient (Wildman–Crippen LogP) is 2.50. The zero-order chi connectivity index (χ0) is 10.3. The number of aliphatic hydroxyl groups is 1. The summed E-state index contributed by atoms with van der Waals surface area (Å²) in [7, 11) is 4.01. The summed E-state index contributed by atoms with van der Waals surface area (Å²) in [5.74, 6) is 0. The lowest BCUT2D eigenvalue weighted by Gasteiger charge is -2.16. The number of nitrogens with zero attached hydrogens (tertiary/aromatic N) is 1. The van der Waals surface area contributed by atoms with E-state index in [-0.39, 0.29) is 0 Å². The third kappa shape index (κ3) is 1.66. The Morgan fingerprint density at radius 1 is 1.36 bits per heavy atom. The van der Waals surface area contributed by atoms with E-state index in [0.717, 1.165) is 28.6 Å². The second-order valence-electron chi connectivity index (χ2n) is 4.09. The van der Waals surface area contributed by atoms with Gasteiger partial charge in [0.1, 0.15) is 0 Å². The van der Waals surface area contributed by atoms with E-state index in [1.54, 1.807) is 0 Å². The largest absolute Gasteiger partial charge is 0.385 e. The first-order valence-electron chi connectivity index (χ1n) is 4.73. The normalized spacial score (nSPS) is 18.0. The van der Waals surface area contributed by atoms with Gasteiger partial charge in [-0.2, -0.15) is 0 Å². The maximum Gasteiger partial charge on any atom is 0.0899 e. The number of hydrogen-bond donors (Lipinski definition) is 1. The Morgan fingerprint density at radius 2 is 2.00 bits per heavy atom. The smallest absolute Gasteiger partial charge is 0.0899 e. The Balaban J connectivity index is 2.36.